The van der Waals surface area contributed by atoms with Crippen molar-refractivity contribution >= 4 is 26.6 Å². The first-order valence-electron chi connectivity index (χ1n) is 8.24. The van der Waals surface area contributed by atoms with Gasteiger partial charge in [-0.1, -0.05) is 12.1 Å². The van der Waals surface area contributed by atoms with Gasteiger partial charge >= 0.3 is 0 Å². The maximum atomic E-state index is 12.1. The average Bonchev–Trinajstić information content (AvgIpc) is 3.20. The molecule has 1 aliphatic rings. The van der Waals surface area contributed by atoms with E-state index in [1.165, 1.54) is 4.31 Å². The Morgan fingerprint density at radius 3 is 2.58 bits per heavy atom. The maximum Gasteiger partial charge on any atom is 0.235 e. The SMILES string of the molecule is COc1ccc2c(C#N)c(-c3ccc(N4CCCS4(=O)=O)cc3)[nH]c2c1. The lowest BCUT2D eigenvalue weighted by Gasteiger charge is -2.17. The third kappa shape index (κ3) is 2.59. The monoisotopic (exact) mass is 367 g/mol. The van der Waals surface area contributed by atoms with Crippen LogP contribution in [0.15, 0.2) is 42.5 Å². The number of aromatic amines is 1. The van der Waals surface area contributed by atoms with Crippen molar-refractivity contribution in [2.75, 3.05) is 23.7 Å². The number of fused-ring (bicyclic) bond motifs is 1. The Morgan fingerprint density at radius 2 is 1.96 bits per heavy atom. The number of nitriles is 1. The molecule has 2 aromatic carbocycles. The molecule has 1 aromatic heterocycles. The summed E-state index contributed by atoms with van der Waals surface area (Å²) in [5, 5.41) is 10.4. The van der Waals surface area contributed by atoms with Crippen LogP contribution in [0, 0.1) is 11.3 Å². The minimum atomic E-state index is -3.20. The summed E-state index contributed by atoms with van der Waals surface area (Å²) in [6.45, 7) is 0.511. The Kier molecular flexibility index (Phi) is 3.85. The Morgan fingerprint density at radius 1 is 1.19 bits per heavy atom. The number of nitrogens with one attached hydrogen (secondary N) is 1. The van der Waals surface area contributed by atoms with Crippen LogP contribution >= 0.6 is 0 Å². The first-order chi connectivity index (χ1) is 12.5. The second kappa shape index (κ2) is 6.07. The number of hydrogen-bond donors (Lipinski definition) is 1. The largest absolute Gasteiger partial charge is 0.497 e. The van der Waals surface area contributed by atoms with Crippen LogP contribution < -0.4 is 9.04 Å². The third-order valence-electron chi connectivity index (χ3n) is 4.66. The van der Waals surface area contributed by atoms with Gasteiger partial charge in [-0.15, -0.1) is 0 Å². The van der Waals surface area contributed by atoms with Gasteiger partial charge in [-0.05, 0) is 36.2 Å². The Bertz CT molecular complexity index is 1130. The van der Waals surface area contributed by atoms with Crippen molar-refractivity contribution in [1.82, 2.24) is 4.98 Å². The Labute approximate surface area is 151 Å². The molecule has 1 N–H and O–H groups in total. The van der Waals surface area contributed by atoms with Gasteiger partial charge in [0.15, 0.2) is 0 Å². The van der Waals surface area contributed by atoms with Gasteiger partial charge in [0, 0.05) is 18.0 Å². The molecule has 26 heavy (non-hydrogen) atoms. The molecule has 0 aliphatic carbocycles. The molecule has 132 valence electrons. The highest BCUT2D eigenvalue weighted by Gasteiger charge is 2.28. The predicted octanol–water partition coefficient (Wildman–Crippen LogP) is 3.26. The van der Waals surface area contributed by atoms with Crippen molar-refractivity contribution in [2.24, 2.45) is 0 Å². The number of sulfonamides is 1. The van der Waals surface area contributed by atoms with Crippen molar-refractivity contribution in [2.45, 2.75) is 6.42 Å². The number of hydrogen-bond acceptors (Lipinski definition) is 4. The molecular weight excluding hydrogens is 350 g/mol. The van der Waals surface area contributed by atoms with E-state index < -0.39 is 10.0 Å². The van der Waals surface area contributed by atoms with Crippen LogP contribution in [0.2, 0.25) is 0 Å². The van der Waals surface area contributed by atoms with Crippen LogP contribution in [-0.2, 0) is 10.0 Å². The average molecular weight is 367 g/mol. The number of rotatable bonds is 3. The molecule has 3 aromatic rings. The summed E-state index contributed by atoms with van der Waals surface area (Å²) in [4.78, 5) is 3.28. The number of methoxy groups -OCH3 is 1. The quantitative estimate of drug-likeness (QED) is 0.770. The summed E-state index contributed by atoms with van der Waals surface area (Å²) < 4.78 is 30.8. The molecule has 6 nitrogen and oxygen atoms in total. The van der Waals surface area contributed by atoms with Gasteiger partial charge in [-0.25, -0.2) is 8.42 Å². The highest BCUT2D eigenvalue weighted by Crippen LogP contribution is 2.33. The van der Waals surface area contributed by atoms with Crippen molar-refractivity contribution in [1.29, 1.82) is 5.26 Å². The zero-order valence-corrected chi connectivity index (χ0v) is 15.0. The van der Waals surface area contributed by atoms with E-state index in [4.69, 9.17) is 4.74 Å². The molecule has 0 bridgehead atoms. The van der Waals surface area contributed by atoms with Gasteiger partial charge in [0.2, 0.25) is 10.0 Å². The van der Waals surface area contributed by atoms with E-state index in [9.17, 15) is 13.7 Å². The molecule has 0 saturated carbocycles. The number of aromatic nitrogens is 1. The van der Waals surface area contributed by atoms with Gasteiger partial charge in [-0.3, -0.25) is 4.31 Å². The van der Waals surface area contributed by atoms with E-state index in [0.717, 1.165) is 16.5 Å². The van der Waals surface area contributed by atoms with Gasteiger partial charge in [-0.2, -0.15) is 5.26 Å². The first-order valence-corrected chi connectivity index (χ1v) is 9.85. The van der Waals surface area contributed by atoms with Gasteiger partial charge in [0.25, 0.3) is 0 Å². The topological polar surface area (TPSA) is 86.2 Å². The van der Waals surface area contributed by atoms with E-state index in [1.807, 2.05) is 30.3 Å². The van der Waals surface area contributed by atoms with Gasteiger partial charge in [0.05, 0.1) is 35.3 Å². The van der Waals surface area contributed by atoms with E-state index in [0.29, 0.717) is 35.7 Å². The minimum absolute atomic E-state index is 0.192. The lowest BCUT2D eigenvalue weighted by atomic mass is 10.1. The summed E-state index contributed by atoms with van der Waals surface area (Å²) in [6.07, 6.45) is 0.645. The first kappa shape index (κ1) is 16.5. The van der Waals surface area contributed by atoms with E-state index >= 15 is 0 Å². The van der Waals surface area contributed by atoms with Crippen LogP contribution in [0.4, 0.5) is 5.69 Å². The van der Waals surface area contributed by atoms with Gasteiger partial charge in [0.1, 0.15) is 11.8 Å². The molecule has 4 rings (SSSR count). The molecule has 1 saturated heterocycles. The smallest absolute Gasteiger partial charge is 0.235 e. The van der Waals surface area contributed by atoms with Crippen molar-refractivity contribution in [3.05, 3.63) is 48.0 Å². The van der Waals surface area contributed by atoms with Crippen LogP contribution in [0.1, 0.15) is 12.0 Å². The molecule has 2 heterocycles. The second-order valence-electron chi connectivity index (χ2n) is 6.19. The molecule has 1 aliphatic heterocycles. The summed E-state index contributed by atoms with van der Waals surface area (Å²) >= 11 is 0. The summed E-state index contributed by atoms with van der Waals surface area (Å²) in [6, 6.07) is 15.0. The summed E-state index contributed by atoms with van der Waals surface area (Å²) in [5.74, 6) is 0.904. The standard InChI is InChI=1S/C19H17N3O3S/c1-25-15-7-8-16-17(12-20)19(21-18(16)11-15)13-3-5-14(6-4-13)22-9-2-10-26(22,23)24/h3-8,11,21H,2,9-10H2,1H3. The third-order valence-corrected chi connectivity index (χ3v) is 6.53. The molecule has 1 fully saturated rings. The fraction of sp³-hybridized carbons (Fsp3) is 0.211. The van der Waals surface area contributed by atoms with E-state index in [1.54, 1.807) is 19.2 Å². The number of anilines is 1. The van der Waals surface area contributed by atoms with Crippen molar-refractivity contribution in [3.8, 4) is 23.1 Å². The van der Waals surface area contributed by atoms with Crippen LogP contribution in [-0.4, -0.2) is 32.8 Å². The molecule has 0 amide bonds. The summed E-state index contributed by atoms with van der Waals surface area (Å²) in [5.41, 5.74) is 3.58. The molecule has 7 heteroatoms. The van der Waals surface area contributed by atoms with Gasteiger partial charge < -0.3 is 9.72 Å². The van der Waals surface area contributed by atoms with Crippen LogP contribution in [0.5, 0.6) is 5.75 Å². The molecule has 0 unspecified atom stereocenters. The number of ether oxygens (including phenoxy) is 1. The predicted molar refractivity (Wildman–Crippen MR) is 101 cm³/mol. The molecular formula is C19H17N3O3S. The Hall–Kier alpha value is -2.98. The van der Waals surface area contributed by atoms with E-state index in [2.05, 4.69) is 11.1 Å². The van der Waals surface area contributed by atoms with E-state index in [-0.39, 0.29) is 5.75 Å². The minimum Gasteiger partial charge on any atom is -0.497 e. The molecule has 0 spiro atoms. The number of benzene rings is 2. The maximum absolute atomic E-state index is 12.1. The number of H-pyrrole nitrogens is 1. The van der Waals surface area contributed by atoms with Crippen molar-refractivity contribution in [3.63, 3.8) is 0 Å². The zero-order chi connectivity index (χ0) is 18.3. The van der Waals surface area contributed by atoms with Crippen LogP contribution in [0.3, 0.4) is 0 Å². The summed E-state index contributed by atoms with van der Waals surface area (Å²) in [7, 11) is -1.60. The molecule has 0 atom stereocenters. The van der Waals surface area contributed by atoms with Crippen LogP contribution in [0.25, 0.3) is 22.2 Å². The fourth-order valence-corrected chi connectivity index (χ4v) is 4.92. The highest BCUT2D eigenvalue weighted by atomic mass is 32.2. The normalized spacial score (nSPS) is 15.9. The zero-order valence-electron chi connectivity index (χ0n) is 14.2. The Balaban J connectivity index is 1.77. The number of nitrogens with zero attached hydrogens (tertiary/aromatic N) is 2. The lowest BCUT2D eigenvalue weighted by molar-refractivity contribution is 0.415. The fourth-order valence-electron chi connectivity index (χ4n) is 3.36. The second-order valence-corrected chi connectivity index (χ2v) is 8.20. The molecule has 0 radical (unpaired) electrons. The highest BCUT2D eigenvalue weighted by molar-refractivity contribution is 7.93. The lowest BCUT2D eigenvalue weighted by Crippen LogP contribution is -2.24. The van der Waals surface area contributed by atoms with Crippen molar-refractivity contribution < 1.29 is 13.2 Å².